The Bertz CT molecular complexity index is 524. The lowest BCUT2D eigenvalue weighted by atomic mass is 9.98. The van der Waals surface area contributed by atoms with Gasteiger partial charge in [-0.3, -0.25) is 4.40 Å². The molecule has 1 N–H and O–H groups in total. The van der Waals surface area contributed by atoms with Crippen molar-refractivity contribution in [2.45, 2.75) is 41.2 Å². The molecule has 1 unspecified atom stereocenters. The number of aromatic nitrogens is 2. The summed E-state index contributed by atoms with van der Waals surface area (Å²) in [5.74, 6) is 1.43. The molecule has 2 rings (SSSR count). The second-order valence-corrected chi connectivity index (χ2v) is 6.33. The van der Waals surface area contributed by atoms with Gasteiger partial charge in [0.1, 0.15) is 0 Å². The van der Waals surface area contributed by atoms with Crippen LogP contribution >= 0.6 is 11.3 Å². The molecule has 1 atom stereocenters. The van der Waals surface area contributed by atoms with Gasteiger partial charge in [-0.2, -0.15) is 0 Å². The molecule has 0 aromatic carbocycles. The zero-order valence-corrected chi connectivity index (χ0v) is 12.8. The van der Waals surface area contributed by atoms with Gasteiger partial charge in [0.2, 0.25) is 0 Å². The minimum atomic E-state index is 0.706. The number of hydrogen-bond acceptors (Lipinski definition) is 3. The molecule has 0 amide bonds. The van der Waals surface area contributed by atoms with Crippen LogP contribution in [0.3, 0.4) is 0 Å². The highest BCUT2D eigenvalue weighted by molar-refractivity contribution is 7.15. The maximum absolute atomic E-state index is 4.61. The van der Waals surface area contributed by atoms with Crippen LogP contribution in [0.4, 0.5) is 0 Å². The van der Waals surface area contributed by atoms with Crippen molar-refractivity contribution < 1.29 is 0 Å². The number of hydrogen-bond donors (Lipinski definition) is 1. The Morgan fingerprint density at radius 2 is 2.06 bits per heavy atom. The Morgan fingerprint density at radius 3 is 2.72 bits per heavy atom. The first-order chi connectivity index (χ1) is 8.50. The van der Waals surface area contributed by atoms with Crippen LogP contribution in [-0.4, -0.2) is 15.9 Å². The highest BCUT2D eigenvalue weighted by Crippen LogP contribution is 2.20. The van der Waals surface area contributed by atoms with E-state index in [1.807, 2.05) is 0 Å². The van der Waals surface area contributed by atoms with Gasteiger partial charge in [0.15, 0.2) is 4.96 Å². The summed E-state index contributed by atoms with van der Waals surface area (Å²) in [4.78, 5) is 5.72. The fraction of sp³-hybridized carbons (Fsp3) is 0.643. The maximum atomic E-state index is 4.61. The van der Waals surface area contributed by atoms with Crippen LogP contribution in [0, 0.1) is 25.7 Å². The molecular weight excluding hydrogens is 242 g/mol. The number of nitrogens with one attached hydrogen (secondary N) is 1. The van der Waals surface area contributed by atoms with Crippen molar-refractivity contribution in [3.63, 3.8) is 0 Å². The van der Waals surface area contributed by atoms with E-state index < -0.39 is 0 Å². The average Bonchev–Trinajstić information content (AvgIpc) is 2.80. The lowest BCUT2D eigenvalue weighted by molar-refractivity contribution is 0.391. The first-order valence-corrected chi connectivity index (χ1v) is 7.51. The topological polar surface area (TPSA) is 29.3 Å². The van der Waals surface area contributed by atoms with E-state index in [2.05, 4.69) is 54.7 Å². The number of fused-ring (bicyclic) bond motifs is 1. The number of rotatable bonds is 5. The predicted molar refractivity (Wildman–Crippen MR) is 78.3 cm³/mol. The van der Waals surface area contributed by atoms with Gasteiger partial charge in [-0.25, -0.2) is 4.98 Å². The van der Waals surface area contributed by atoms with Crippen molar-refractivity contribution in [2.75, 3.05) is 6.54 Å². The molecule has 100 valence electrons. The van der Waals surface area contributed by atoms with E-state index in [1.54, 1.807) is 11.3 Å². The summed E-state index contributed by atoms with van der Waals surface area (Å²) in [5.41, 5.74) is 3.73. The van der Waals surface area contributed by atoms with Crippen molar-refractivity contribution in [2.24, 2.45) is 11.8 Å². The third-order valence-electron chi connectivity index (χ3n) is 3.73. The van der Waals surface area contributed by atoms with Gasteiger partial charge in [0.25, 0.3) is 0 Å². The van der Waals surface area contributed by atoms with Crippen LogP contribution in [0.25, 0.3) is 4.96 Å². The Kier molecular flexibility index (Phi) is 4.07. The summed E-state index contributed by atoms with van der Waals surface area (Å²) < 4.78 is 2.27. The molecular formula is C14H23N3S. The van der Waals surface area contributed by atoms with E-state index in [4.69, 9.17) is 0 Å². The van der Waals surface area contributed by atoms with Gasteiger partial charge in [-0.05, 0) is 32.2 Å². The molecule has 0 saturated carbocycles. The van der Waals surface area contributed by atoms with Crippen LogP contribution in [0.5, 0.6) is 0 Å². The van der Waals surface area contributed by atoms with Gasteiger partial charge in [-0.15, -0.1) is 11.3 Å². The van der Waals surface area contributed by atoms with Crippen molar-refractivity contribution in [1.82, 2.24) is 14.7 Å². The number of aryl methyl sites for hydroxylation is 2. The van der Waals surface area contributed by atoms with E-state index in [1.165, 1.54) is 11.4 Å². The molecule has 4 heteroatoms. The van der Waals surface area contributed by atoms with Gasteiger partial charge in [0.05, 0.1) is 11.4 Å². The lowest BCUT2D eigenvalue weighted by Crippen LogP contribution is -2.24. The third-order valence-corrected chi connectivity index (χ3v) is 4.67. The van der Waals surface area contributed by atoms with Crippen LogP contribution in [0.2, 0.25) is 0 Å². The average molecular weight is 265 g/mol. The van der Waals surface area contributed by atoms with Gasteiger partial charge in [0, 0.05) is 17.6 Å². The second-order valence-electron chi connectivity index (χ2n) is 5.49. The van der Waals surface area contributed by atoms with E-state index in [9.17, 15) is 0 Å². The van der Waals surface area contributed by atoms with E-state index in [0.717, 1.165) is 29.7 Å². The summed E-state index contributed by atoms with van der Waals surface area (Å²) in [6.07, 6.45) is 0. The standard InChI is InChI=1S/C14H23N3S/c1-9(2)10(3)6-15-7-13-12(5)16-14-17(13)11(4)8-18-14/h8-10,15H,6-7H2,1-5H3. The zero-order chi connectivity index (χ0) is 13.3. The minimum Gasteiger partial charge on any atom is -0.311 e. The van der Waals surface area contributed by atoms with Crippen LogP contribution in [0.15, 0.2) is 5.38 Å². The molecule has 0 radical (unpaired) electrons. The molecule has 2 aromatic rings. The summed E-state index contributed by atoms with van der Waals surface area (Å²) in [5, 5.41) is 5.73. The summed E-state index contributed by atoms with van der Waals surface area (Å²) in [6, 6.07) is 0. The fourth-order valence-corrected chi connectivity index (χ4v) is 2.96. The Balaban J connectivity index is 2.07. The smallest absolute Gasteiger partial charge is 0.194 e. The van der Waals surface area contributed by atoms with Crippen LogP contribution in [-0.2, 0) is 6.54 Å². The minimum absolute atomic E-state index is 0.706. The molecule has 2 aromatic heterocycles. The molecule has 2 heterocycles. The van der Waals surface area contributed by atoms with Gasteiger partial charge >= 0.3 is 0 Å². The molecule has 0 bridgehead atoms. The molecule has 0 aliphatic rings. The zero-order valence-electron chi connectivity index (χ0n) is 11.9. The summed E-state index contributed by atoms with van der Waals surface area (Å²) in [6.45, 7) is 13.1. The van der Waals surface area contributed by atoms with E-state index in [-0.39, 0.29) is 0 Å². The molecule has 0 saturated heterocycles. The van der Waals surface area contributed by atoms with E-state index >= 15 is 0 Å². The first kappa shape index (κ1) is 13.6. The molecule has 18 heavy (non-hydrogen) atoms. The number of imidazole rings is 1. The monoisotopic (exact) mass is 265 g/mol. The van der Waals surface area contributed by atoms with Crippen molar-refractivity contribution in [1.29, 1.82) is 0 Å². The van der Waals surface area contributed by atoms with Gasteiger partial charge in [-0.1, -0.05) is 20.8 Å². The van der Waals surface area contributed by atoms with Crippen molar-refractivity contribution in [3.8, 4) is 0 Å². The van der Waals surface area contributed by atoms with Crippen LogP contribution in [0.1, 0.15) is 37.9 Å². The number of nitrogens with zero attached hydrogens (tertiary/aromatic N) is 2. The SMILES string of the molecule is Cc1nc2scc(C)n2c1CNCC(C)C(C)C. The summed E-state index contributed by atoms with van der Waals surface area (Å²) in [7, 11) is 0. The molecule has 3 nitrogen and oxygen atoms in total. The highest BCUT2D eigenvalue weighted by Gasteiger charge is 2.12. The molecule has 0 aliphatic heterocycles. The Hall–Kier alpha value is -0.870. The quantitative estimate of drug-likeness (QED) is 0.898. The normalized spacial score (nSPS) is 13.7. The number of thiazole rings is 1. The maximum Gasteiger partial charge on any atom is 0.194 e. The predicted octanol–water partition coefficient (Wildman–Crippen LogP) is 3.39. The van der Waals surface area contributed by atoms with Gasteiger partial charge < -0.3 is 5.32 Å². The van der Waals surface area contributed by atoms with E-state index in [0.29, 0.717) is 5.92 Å². The molecule has 0 aliphatic carbocycles. The van der Waals surface area contributed by atoms with Crippen molar-refractivity contribution >= 4 is 16.3 Å². The molecule has 0 spiro atoms. The Morgan fingerprint density at radius 1 is 1.33 bits per heavy atom. The third kappa shape index (κ3) is 2.59. The molecule has 0 fully saturated rings. The van der Waals surface area contributed by atoms with Crippen LogP contribution < -0.4 is 5.32 Å². The summed E-state index contributed by atoms with van der Waals surface area (Å²) >= 11 is 1.72. The fourth-order valence-electron chi connectivity index (χ4n) is 2.03. The highest BCUT2D eigenvalue weighted by atomic mass is 32.1. The lowest BCUT2D eigenvalue weighted by Gasteiger charge is -2.16. The largest absolute Gasteiger partial charge is 0.311 e. The Labute approximate surface area is 113 Å². The second kappa shape index (κ2) is 5.41. The van der Waals surface area contributed by atoms with Crippen molar-refractivity contribution in [3.05, 3.63) is 22.5 Å². The first-order valence-electron chi connectivity index (χ1n) is 6.63.